The fraction of sp³-hybridized carbons (Fsp3) is 0.360. The number of nitrogens with one attached hydrogen (secondary N) is 1. The summed E-state index contributed by atoms with van der Waals surface area (Å²) in [5, 5.41) is 3.64. The Morgan fingerprint density at radius 3 is 2.30 bits per heavy atom. The lowest BCUT2D eigenvalue weighted by Crippen LogP contribution is -2.36. The number of hydrogen-bond donors (Lipinski definition) is 1. The molecular formula is C25H28N2O6. The summed E-state index contributed by atoms with van der Waals surface area (Å²) >= 11 is 0. The smallest absolute Gasteiger partial charge is 0.291 e. The Hall–Kier alpha value is -3.68. The molecular weight excluding hydrogens is 424 g/mol. The summed E-state index contributed by atoms with van der Waals surface area (Å²) in [5.41, 5.74) is 1.95. The van der Waals surface area contributed by atoms with Crippen LogP contribution < -0.4 is 19.5 Å². The quantitative estimate of drug-likeness (QED) is 0.586. The zero-order valence-corrected chi connectivity index (χ0v) is 19.3. The van der Waals surface area contributed by atoms with Gasteiger partial charge in [0.05, 0.1) is 32.6 Å². The molecule has 1 fully saturated rings. The molecule has 1 aliphatic heterocycles. The molecule has 0 bridgehead atoms. The summed E-state index contributed by atoms with van der Waals surface area (Å²) < 4.78 is 21.9. The molecule has 1 N–H and O–H groups in total. The van der Waals surface area contributed by atoms with Gasteiger partial charge in [0.1, 0.15) is 11.3 Å². The number of furan rings is 1. The third kappa shape index (κ3) is 4.33. The lowest BCUT2D eigenvalue weighted by molar-refractivity contribution is 0.0725. The van der Waals surface area contributed by atoms with E-state index in [1.807, 2.05) is 13.0 Å². The molecule has 2 aromatic carbocycles. The Morgan fingerprint density at radius 1 is 0.939 bits per heavy atom. The zero-order valence-electron chi connectivity index (χ0n) is 19.3. The van der Waals surface area contributed by atoms with Gasteiger partial charge in [-0.15, -0.1) is 0 Å². The topological polar surface area (TPSA) is 90.2 Å². The van der Waals surface area contributed by atoms with Crippen molar-refractivity contribution in [2.45, 2.75) is 26.2 Å². The number of aryl methyl sites for hydroxylation is 1. The molecule has 4 rings (SSSR count). The van der Waals surface area contributed by atoms with Gasteiger partial charge >= 0.3 is 0 Å². The van der Waals surface area contributed by atoms with Gasteiger partial charge in [-0.05, 0) is 50.5 Å². The van der Waals surface area contributed by atoms with Crippen molar-refractivity contribution in [1.82, 2.24) is 4.90 Å². The maximum atomic E-state index is 13.3. The van der Waals surface area contributed by atoms with Crippen LogP contribution in [-0.4, -0.2) is 51.1 Å². The van der Waals surface area contributed by atoms with Crippen LogP contribution in [0.3, 0.4) is 0 Å². The molecule has 33 heavy (non-hydrogen) atoms. The Balaban J connectivity index is 1.71. The lowest BCUT2D eigenvalue weighted by Gasteiger charge is -2.28. The van der Waals surface area contributed by atoms with E-state index in [9.17, 15) is 9.59 Å². The summed E-state index contributed by atoms with van der Waals surface area (Å²) in [7, 11) is 4.60. The van der Waals surface area contributed by atoms with Gasteiger partial charge in [0.2, 0.25) is 0 Å². The van der Waals surface area contributed by atoms with E-state index in [2.05, 4.69) is 5.32 Å². The summed E-state index contributed by atoms with van der Waals surface area (Å²) in [4.78, 5) is 28.4. The van der Waals surface area contributed by atoms with E-state index in [0.29, 0.717) is 52.7 Å². The van der Waals surface area contributed by atoms with Gasteiger partial charge in [-0.1, -0.05) is 0 Å². The number of carbonyl (C=O) groups is 2. The molecule has 8 heteroatoms. The summed E-state index contributed by atoms with van der Waals surface area (Å²) in [6.45, 7) is 3.19. The highest BCUT2D eigenvalue weighted by Crippen LogP contribution is 2.35. The summed E-state index contributed by atoms with van der Waals surface area (Å²) in [5.74, 6) is 1.06. The number of methoxy groups -OCH3 is 3. The van der Waals surface area contributed by atoms with Crippen molar-refractivity contribution in [3.05, 3.63) is 47.2 Å². The molecule has 3 aromatic rings. The second kappa shape index (κ2) is 9.44. The average molecular weight is 453 g/mol. The molecule has 1 saturated heterocycles. The highest BCUT2D eigenvalue weighted by Gasteiger charge is 2.26. The van der Waals surface area contributed by atoms with Crippen LogP contribution in [0, 0.1) is 6.92 Å². The largest absolute Gasteiger partial charge is 0.497 e. The number of nitrogens with zero attached hydrogens (tertiary/aromatic N) is 1. The lowest BCUT2D eigenvalue weighted by atomic mass is 10.1. The summed E-state index contributed by atoms with van der Waals surface area (Å²) in [6, 6.07) is 8.58. The Bertz CT molecular complexity index is 1190. The maximum Gasteiger partial charge on any atom is 0.291 e. The number of amides is 2. The Morgan fingerprint density at radius 2 is 1.64 bits per heavy atom. The van der Waals surface area contributed by atoms with Gasteiger partial charge in [0.25, 0.3) is 11.8 Å². The number of piperidine rings is 1. The number of likely N-dealkylation sites (tertiary alicyclic amines) is 1. The first-order valence-corrected chi connectivity index (χ1v) is 10.9. The molecule has 2 amide bonds. The molecule has 0 saturated carbocycles. The van der Waals surface area contributed by atoms with Crippen LogP contribution in [0.2, 0.25) is 0 Å². The number of anilines is 1. The molecule has 1 aliphatic rings. The first-order valence-electron chi connectivity index (χ1n) is 10.9. The monoisotopic (exact) mass is 452 g/mol. The van der Waals surface area contributed by atoms with Crippen LogP contribution >= 0.6 is 0 Å². The van der Waals surface area contributed by atoms with E-state index < -0.39 is 5.91 Å². The normalized spacial score (nSPS) is 13.6. The van der Waals surface area contributed by atoms with Gasteiger partial charge in [-0.2, -0.15) is 0 Å². The zero-order chi connectivity index (χ0) is 23.5. The fourth-order valence-corrected chi connectivity index (χ4v) is 4.15. The second-order valence-corrected chi connectivity index (χ2v) is 7.98. The average Bonchev–Trinajstić information content (AvgIpc) is 3.19. The van der Waals surface area contributed by atoms with Crippen LogP contribution in [0.1, 0.15) is 45.7 Å². The number of carbonyl (C=O) groups excluding carboxylic acids is 2. The second-order valence-electron chi connectivity index (χ2n) is 7.98. The molecule has 2 heterocycles. The molecule has 0 radical (unpaired) electrons. The summed E-state index contributed by atoms with van der Waals surface area (Å²) in [6.07, 6.45) is 3.03. The van der Waals surface area contributed by atoms with Crippen molar-refractivity contribution >= 4 is 28.5 Å². The van der Waals surface area contributed by atoms with E-state index in [0.717, 1.165) is 24.6 Å². The predicted molar refractivity (Wildman–Crippen MR) is 125 cm³/mol. The molecule has 0 aliphatic carbocycles. The number of rotatable bonds is 6. The third-order valence-electron chi connectivity index (χ3n) is 6.00. The van der Waals surface area contributed by atoms with Crippen LogP contribution in [-0.2, 0) is 0 Å². The molecule has 0 spiro atoms. The SMILES string of the molecule is COc1ccc2oc(C(=O)Nc3cc(OC)c(OC)cc3C(=O)N3CCCCC3)c(C)c2c1. The van der Waals surface area contributed by atoms with Crippen LogP contribution in [0.4, 0.5) is 5.69 Å². The molecule has 8 nitrogen and oxygen atoms in total. The number of fused-ring (bicyclic) bond motifs is 1. The van der Waals surface area contributed by atoms with Gasteiger partial charge in [0.15, 0.2) is 17.3 Å². The number of hydrogen-bond acceptors (Lipinski definition) is 6. The number of benzene rings is 2. The van der Waals surface area contributed by atoms with Gasteiger partial charge in [-0.3, -0.25) is 9.59 Å². The van der Waals surface area contributed by atoms with Crippen molar-refractivity contribution < 1.29 is 28.2 Å². The van der Waals surface area contributed by atoms with E-state index >= 15 is 0 Å². The van der Waals surface area contributed by atoms with E-state index in [-0.39, 0.29) is 11.7 Å². The van der Waals surface area contributed by atoms with Crippen molar-refractivity contribution in [2.24, 2.45) is 0 Å². The minimum Gasteiger partial charge on any atom is -0.497 e. The van der Waals surface area contributed by atoms with Gasteiger partial charge < -0.3 is 28.8 Å². The standard InChI is InChI=1S/C25H28N2O6/c1-15-17-12-16(30-2)8-9-20(17)33-23(15)24(28)26-19-14-22(32-4)21(31-3)13-18(19)25(29)27-10-6-5-7-11-27/h8-9,12-14H,5-7,10-11H2,1-4H3,(H,26,28). The van der Waals surface area contributed by atoms with E-state index in [4.69, 9.17) is 18.6 Å². The predicted octanol–water partition coefficient (Wildman–Crippen LogP) is 4.65. The first-order chi connectivity index (χ1) is 16.0. The van der Waals surface area contributed by atoms with Crippen LogP contribution in [0.25, 0.3) is 11.0 Å². The third-order valence-corrected chi connectivity index (χ3v) is 6.00. The van der Waals surface area contributed by atoms with Crippen molar-refractivity contribution in [2.75, 3.05) is 39.7 Å². The van der Waals surface area contributed by atoms with Crippen molar-refractivity contribution in [3.8, 4) is 17.2 Å². The van der Waals surface area contributed by atoms with Crippen LogP contribution in [0.15, 0.2) is 34.7 Å². The fourth-order valence-electron chi connectivity index (χ4n) is 4.15. The maximum absolute atomic E-state index is 13.3. The number of ether oxygens (including phenoxy) is 3. The molecule has 0 unspecified atom stereocenters. The highest BCUT2D eigenvalue weighted by molar-refractivity contribution is 6.10. The Kier molecular flexibility index (Phi) is 6.44. The highest BCUT2D eigenvalue weighted by atomic mass is 16.5. The van der Waals surface area contributed by atoms with E-state index in [1.54, 1.807) is 36.3 Å². The Labute approximate surface area is 192 Å². The van der Waals surface area contributed by atoms with Crippen molar-refractivity contribution in [1.29, 1.82) is 0 Å². The van der Waals surface area contributed by atoms with Crippen molar-refractivity contribution in [3.63, 3.8) is 0 Å². The van der Waals surface area contributed by atoms with E-state index in [1.165, 1.54) is 14.2 Å². The minimum absolute atomic E-state index is 0.156. The molecule has 174 valence electrons. The minimum atomic E-state index is -0.456. The van der Waals surface area contributed by atoms with Gasteiger partial charge in [-0.25, -0.2) is 0 Å². The van der Waals surface area contributed by atoms with Crippen LogP contribution in [0.5, 0.6) is 17.2 Å². The molecule has 1 aromatic heterocycles. The first kappa shape index (κ1) is 22.5. The molecule has 0 atom stereocenters. The van der Waals surface area contributed by atoms with Gasteiger partial charge in [0, 0.05) is 30.1 Å².